The van der Waals surface area contributed by atoms with Crippen molar-refractivity contribution in [1.29, 1.82) is 0 Å². The summed E-state index contributed by atoms with van der Waals surface area (Å²) in [7, 11) is 0. The van der Waals surface area contributed by atoms with E-state index in [9.17, 15) is 9.59 Å². The fraction of sp³-hybridized carbons (Fsp3) is 0.200. The lowest BCUT2D eigenvalue weighted by Crippen LogP contribution is -2.30. The van der Waals surface area contributed by atoms with Gasteiger partial charge in [-0.25, -0.2) is 0 Å². The van der Waals surface area contributed by atoms with E-state index in [1.54, 1.807) is 23.1 Å². The Balaban J connectivity index is 1.66. The summed E-state index contributed by atoms with van der Waals surface area (Å²) in [5.74, 6) is 0.999. The summed E-state index contributed by atoms with van der Waals surface area (Å²) in [5, 5.41) is 2.81. The summed E-state index contributed by atoms with van der Waals surface area (Å²) in [6.07, 6.45) is 0.263. The molecular formula is C25H24N2O4. The summed E-state index contributed by atoms with van der Waals surface area (Å²) in [6, 6.07) is 22.6. The molecule has 3 aromatic rings. The molecule has 1 heterocycles. The van der Waals surface area contributed by atoms with E-state index in [0.717, 1.165) is 16.8 Å². The zero-order valence-electron chi connectivity index (χ0n) is 17.3. The highest BCUT2D eigenvalue weighted by Gasteiger charge is 2.22. The van der Waals surface area contributed by atoms with Gasteiger partial charge in [-0.15, -0.1) is 0 Å². The Morgan fingerprint density at radius 2 is 1.68 bits per heavy atom. The summed E-state index contributed by atoms with van der Waals surface area (Å²) < 4.78 is 10.8. The Morgan fingerprint density at radius 1 is 0.903 bits per heavy atom. The van der Waals surface area contributed by atoms with Crippen LogP contribution in [0.2, 0.25) is 0 Å². The van der Waals surface area contributed by atoms with Gasteiger partial charge in [0.05, 0.1) is 13.0 Å². The highest BCUT2D eigenvalue weighted by molar-refractivity contribution is 6.06. The average Bonchev–Trinajstić information content (AvgIpc) is 3.26. The number of benzene rings is 3. The van der Waals surface area contributed by atoms with Gasteiger partial charge in [-0.3, -0.25) is 9.59 Å². The Labute approximate surface area is 181 Å². The lowest BCUT2D eigenvalue weighted by atomic mass is 10.1. The van der Waals surface area contributed by atoms with Gasteiger partial charge in [0.15, 0.2) is 11.5 Å². The second kappa shape index (κ2) is 9.34. The molecule has 6 heteroatoms. The van der Waals surface area contributed by atoms with Gasteiger partial charge in [-0.2, -0.15) is 0 Å². The summed E-state index contributed by atoms with van der Waals surface area (Å²) in [5.41, 5.74) is 3.09. The summed E-state index contributed by atoms with van der Waals surface area (Å²) in [6.45, 7) is 3.03. The lowest BCUT2D eigenvalue weighted by molar-refractivity contribution is -0.120. The van der Waals surface area contributed by atoms with Gasteiger partial charge in [-0.05, 0) is 48.4 Å². The largest absolute Gasteiger partial charge is 0.454 e. The predicted octanol–water partition coefficient (Wildman–Crippen LogP) is 3.94. The Kier molecular flexibility index (Phi) is 6.17. The van der Waals surface area contributed by atoms with E-state index < -0.39 is 0 Å². The smallest absolute Gasteiger partial charge is 0.258 e. The van der Waals surface area contributed by atoms with Gasteiger partial charge < -0.3 is 19.7 Å². The molecule has 0 bridgehead atoms. The molecule has 0 unspecified atom stereocenters. The van der Waals surface area contributed by atoms with E-state index >= 15 is 0 Å². The van der Waals surface area contributed by atoms with Crippen molar-refractivity contribution in [1.82, 2.24) is 5.32 Å². The van der Waals surface area contributed by atoms with Crippen LogP contribution < -0.4 is 19.7 Å². The molecule has 0 aromatic heterocycles. The van der Waals surface area contributed by atoms with Crippen molar-refractivity contribution in [2.24, 2.45) is 0 Å². The van der Waals surface area contributed by atoms with Crippen LogP contribution in [0, 0.1) is 0 Å². The maximum absolute atomic E-state index is 13.5. The van der Waals surface area contributed by atoms with Crippen molar-refractivity contribution in [3.63, 3.8) is 0 Å². The van der Waals surface area contributed by atoms with E-state index in [1.807, 2.05) is 61.5 Å². The van der Waals surface area contributed by atoms with Crippen molar-refractivity contribution in [2.45, 2.75) is 19.9 Å². The highest BCUT2D eigenvalue weighted by Crippen LogP contribution is 2.33. The number of hydrogen-bond donors (Lipinski definition) is 1. The molecule has 1 aliphatic heterocycles. The number of carbonyl (C=O) groups is 2. The minimum atomic E-state index is -0.155. The number of fused-ring (bicyclic) bond motifs is 1. The van der Waals surface area contributed by atoms with Crippen LogP contribution in [0.25, 0.3) is 0 Å². The number of nitrogens with zero attached hydrogens (tertiary/aromatic N) is 1. The number of ether oxygens (including phenoxy) is 2. The molecule has 0 saturated heterocycles. The van der Waals surface area contributed by atoms with Crippen LogP contribution in [0.1, 0.15) is 28.4 Å². The van der Waals surface area contributed by atoms with E-state index in [-0.39, 0.29) is 25.0 Å². The first-order valence-electron chi connectivity index (χ1n) is 10.2. The van der Waals surface area contributed by atoms with Crippen LogP contribution in [0.5, 0.6) is 11.5 Å². The topological polar surface area (TPSA) is 67.9 Å². The van der Waals surface area contributed by atoms with Gasteiger partial charge in [-0.1, -0.05) is 42.5 Å². The normalized spacial score (nSPS) is 11.8. The molecule has 4 rings (SSSR count). The number of hydrogen-bond acceptors (Lipinski definition) is 4. The number of carbonyl (C=O) groups excluding carboxylic acids is 2. The van der Waals surface area contributed by atoms with Crippen LogP contribution in [0.15, 0.2) is 72.8 Å². The van der Waals surface area contributed by atoms with Crippen molar-refractivity contribution < 1.29 is 19.1 Å². The number of likely N-dealkylation sites (N-methyl/N-ethyl adjacent to an activating group) is 1. The first kappa shape index (κ1) is 20.5. The van der Waals surface area contributed by atoms with Crippen LogP contribution in [0.3, 0.4) is 0 Å². The average molecular weight is 416 g/mol. The number of rotatable bonds is 7. The SMILES string of the molecule is CCNC(=O)Cc1cccc(N(Cc2ccccc2)C(=O)c2ccc3c(c2)OCO3)c1. The minimum Gasteiger partial charge on any atom is -0.454 e. The molecule has 0 spiro atoms. The first-order valence-corrected chi connectivity index (χ1v) is 10.2. The van der Waals surface area contributed by atoms with Crippen molar-refractivity contribution in [3.05, 3.63) is 89.5 Å². The molecule has 31 heavy (non-hydrogen) atoms. The number of anilines is 1. The van der Waals surface area contributed by atoms with Gasteiger partial charge >= 0.3 is 0 Å². The van der Waals surface area contributed by atoms with E-state index in [2.05, 4.69) is 5.32 Å². The molecule has 158 valence electrons. The lowest BCUT2D eigenvalue weighted by Gasteiger charge is -2.24. The van der Waals surface area contributed by atoms with Gasteiger partial charge in [0.1, 0.15) is 0 Å². The molecule has 1 aliphatic rings. The van der Waals surface area contributed by atoms with Gasteiger partial charge in [0.2, 0.25) is 12.7 Å². The Morgan fingerprint density at radius 3 is 2.48 bits per heavy atom. The molecule has 3 aromatic carbocycles. The fourth-order valence-electron chi connectivity index (χ4n) is 3.51. The maximum Gasteiger partial charge on any atom is 0.258 e. The maximum atomic E-state index is 13.5. The Hall–Kier alpha value is -3.80. The minimum absolute atomic E-state index is 0.0450. The van der Waals surface area contributed by atoms with Crippen molar-refractivity contribution >= 4 is 17.5 Å². The predicted molar refractivity (Wildman–Crippen MR) is 118 cm³/mol. The molecule has 0 radical (unpaired) electrons. The van der Waals surface area contributed by atoms with E-state index in [4.69, 9.17) is 9.47 Å². The highest BCUT2D eigenvalue weighted by atomic mass is 16.7. The molecule has 0 fully saturated rings. The molecule has 0 aliphatic carbocycles. The zero-order chi connectivity index (χ0) is 21.6. The third-order valence-corrected chi connectivity index (χ3v) is 5.01. The Bertz CT molecular complexity index is 1080. The van der Waals surface area contributed by atoms with Gasteiger partial charge in [0.25, 0.3) is 5.91 Å². The van der Waals surface area contributed by atoms with Gasteiger partial charge in [0, 0.05) is 17.8 Å². The molecule has 1 N–H and O–H groups in total. The molecule has 0 saturated carbocycles. The first-order chi connectivity index (χ1) is 15.1. The third-order valence-electron chi connectivity index (χ3n) is 5.01. The third kappa shape index (κ3) is 4.86. The molecular weight excluding hydrogens is 392 g/mol. The van der Waals surface area contributed by atoms with Crippen LogP contribution in [-0.2, 0) is 17.8 Å². The van der Waals surface area contributed by atoms with Crippen LogP contribution in [-0.4, -0.2) is 25.2 Å². The zero-order valence-corrected chi connectivity index (χ0v) is 17.3. The van der Waals surface area contributed by atoms with Crippen molar-refractivity contribution in [3.8, 4) is 11.5 Å². The van der Waals surface area contributed by atoms with Crippen molar-refractivity contribution in [2.75, 3.05) is 18.2 Å². The standard InChI is InChI=1S/C25H24N2O4/c1-2-26-24(28)14-19-9-6-10-21(13-19)27(16-18-7-4-3-5-8-18)25(29)20-11-12-22-23(15-20)31-17-30-22/h3-13,15H,2,14,16-17H2,1H3,(H,26,28). The monoisotopic (exact) mass is 416 g/mol. The fourth-order valence-corrected chi connectivity index (χ4v) is 3.51. The number of amides is 2. The quantitative estimate of drug-likeness (QED) is 0.634. The van der Waals surface area contributed by atoms with E-state index in [1.165, 1.54) is 0 Å². The second-order valence-corrected chi connectivity index (χ2v) is 7.25. The molecule has 0 atom stereocenters. The molecule has 6 nitrogen and oxygen atoms in total. The second-order valence-electron chi connectivity index (χ2n) is 7.25. The van der Waals surface area contributed by atoms with Crippen LogP contribution in [0.4, 0.5) is 5.69 Å². The summed E-state index contributed by atoms with van der Waals surface area (Å²) in [4.78, 5) is 27.3. The number of nitrogens with one attached hydrogen (secondary N) is 1. The van der Waals surface area contributed by atoms with Crippen LogP contribution >= 0.6 is 0 Å². The summed E-state index contributed by atoms with van der Waals surface area (Å²) >= 11 is 0. The van der Waals surface area contributed by atoms with E-state index in [0.29, 0.717) is 30.2 Å². The molecule has 2 amide bonds.